The van der Waals surface area contributed by atoms with Crippen LogP contribution in [0.15, 0.2) is 28.8 Å². The van der Waals surface area contributed by atoms with E-state index in [0.717, 1.165) is 44.7 Å². The fourth-order valence-corrected chi connectivity index (χ4v) is 2.83. The Morgan fingerprint density at radius 3 is 2.24 bits per heavy atom. The maximum Gasteiger partial charge on any atom is 0.240 e. The number of benzene rings is 1. The molecule has 9 heteroatoms. The molecule has 1 aromatic carbocycles. The Kier molecular flexibility index (Phi) is 9.31. The van der Waals surface area contributed by atoms with Gasteiger partial charge in [-0.05, 0) is 37.2 Å². The number of rotatable bonds is 5. The number of hydrogen-bond acceptors (Lipinski definition) is 6. The van der Waals surface area contributed by atoms with Gasteiger partial charge in [0.05, 0.1) is 13.1 Å². The molecule has 1 aliphatic heterocycles. The SMILES string of the molecule is Cl.Cl.NCc1nc(CN2CCCN(Cc3ccc(F)cc3)CC2)no1. The Morgan fingerprint density at radius 2 is 1.64 bits per heavy atom. The first-order chi connectivity index (χ1) is 11.2. The number of hydrogen-bond donors (Lipinski definition) is 1. The van der Waals surface area contributed by atoms with Crippen molar-refractivity contribution in [2.75, 3.05) is 26.2 Å². The molecule has 25 heavy (non-hydrogen) atoms. The molecular formula is C16H24Cl2FN5O. The summed E-state index contributed by atoms with van der Waals surface area (Å²) in [5.41, 5.74) is 6.63. The molecule has 1 aromatic heterocycles. The molecule has 0 aliphatic carbocycles. The van der Waals surface area contributed by atoms with Crippen LogP contribution in [0.5, 0.6) is 0 Å². The monoisotopic (exact) mass is 391 g/mol. The number of aromatic nitrogens is 2. The average Bonchev–Trinajstić information content (AvgIpc) is 2.90. The van der Waals surface area contributed by atoms with Crippen molar-refractivity contribution in [1.29, 1.82) is 0 Å². The highest BCUT2D eigenvalue weighted by atomic mass is 35.5. The molecule has 0 saturated carbocycles. The molecule has 2 aromatic rings. The van der Waals surface area contributed by atoms with Gasteiger partial charge in [0, 0.05) is 19.6 Å². The molecule has 1 saturated heterocycles. The van der Waals surface area contributed by atoms with Crippen molar-refractivity contribution >= 4 is 24.8 Å². The van der Waals surface area contributed by atoms with Crippen molar-refractivity contribution in [2.45, 2.75) is 26.1 Å². The summed E-state index contributed by atoms with van der Waals surface area (Å²) in [6.45, 7) is 5.78. The molecule has 0 unspecified atom stereocenters. The maximum absolute atomic E-state index is 13.0. The Hall–Kier alpha value is -1.25. The van der Waals surface area contributed by atoms with E-state index in [9.17, 15) is 4.39 Å². The molecule has 6 nitrogen and oxygen atoms in total. The van der Waals surface area contributed by atoms with Crippen molar-refractivity contribution in [3.63, 3.8) is 0 Å². The molecule has 0 bridgehead atoms. The van der Waals surface area contributed by atoms with Crippen LogP contribution in [-0.4, -0.2) is 46.1 Å². The Bertz CT molecular complexity index is 625. The smallest absolute Gasteiger partial charge is 0.240 e. The van der Waals surface area contributed by atoms with E-state index in [1.807, 2.05) is 12.1 Å². The third-order valence-electron chi connectivity index (χ3n) is 4.05. The largest absolute Gasteiger partial charge is 0.338 e. The zero-order valence-electron chi connectivity index (χ0n) is 13.9. The summed E-state index contributed by atoms with van der Waals surface area (Å²) in [5, 5.41) is 3.95. The van der Waals surface area contributed by atoms with Crippen molar-refractivity contribution < 1.29 is 8.91 Å². The van der Waals surface area contributed by atoms with E-state index in [1.165, 1.54) is 12.1 Å². The van der Waals surface area contributed by atoms with E-state index in [1.54, 1.807) is 0 Å². The first kappa shape index (κ1) is 21.8. The fraction of sp³-hybridized carbons (Fsp3) is 0.500. The number of halogens is 3. The zero-order valence-corrected chi connectivity index (χ0v) is 15.6. The lowest BCUT2D eigenvalue weighted by Gasteiger charge is -2.21. The van der Waals surface area contributed by atoms with E-state index in [4.69, 9.17) is 10.3 Å². The van der Waals surface area contributed by atoms with Gasteiger partial charge in [-0.1, -0.05) is 17.3 Å². The summed E-state index contributed by atoms with van der Waals surface area (Å²) in [7, 11) is 0. The lowest BCUT2D eigenvalue weighted by atomic mass is 10.2. The summed E-state index contributed by atoms with van der Waals surface area (Å²) in [6, 6.07) is 6.74. The topological polar surface area (TPSA) is 71.4 Å². The lowest BCUT2D eigenvalue weighted by Crippen LogP contribution is -2.30. The van der Waals surface area contributed by atoms with Gasteiger partial charge in [-0.2, -0.15) is 4.98 Å². The minimum atomic E-state index is -0.187. The van der Waals surface area contributed by atoms with Crippen LogP contribution in [0.25, 0.3) is 0 Å². The van der Waals surface area contributed by atoms with E-state index < -0.39 is 0 Å². The summed E-state index contributed by atoms with van der Waals surface area (Å²) in [6.07, 6.45) is 1.09. The van der Waals surface area contributed by atoms with Crippen LogP contribution >= 0.6 is 24.8 Å². The molecule has 0 radical (unpaired) electrons. The van der Waals surface area contributed by atoms with Gasteiger partial charge in [0.2, 0.25) is 5.89 Å². The third kappa shape index (κ3) is 6.52. The lowest BCUT2D eigenvalue weighted by molar-refractivity contribution is 0.241. The predicted octanol–water partition coefficient (Wildman–Crippen LogP) is 2.22. The first-order valence-corrected chi connectivity index (χ1v) is 7.93. The van der Waals surface area contributed by atoms with Crippen molar-refractivity contribution in [1.82, 2.24) is 19.9 Å². The van der Waals surface area contributed by atoms with Crippen LogP contribution in [0.1, 0.15) is 23.7 Å². The summed E-state index contributed by atoms with van der Waals surface area (Å²) < 4.78 is 18.0. The van der Waals surface area contributed by atoms with Crippen LogP contribution in [0.4, 0.5) is 4.39 Å². The van der Waals surface area contributed by atoms with Gasteiger partial charge in [-0.25, -0.2) is 4.39 Å². The highest BCUT2D eigenvalue weighted by Gasteiger charge is 2.17. The fourth-order valence-electron chi connectivity index (χ4n) is 2.83. The van der Waals surface area contributed by atoms with Gasteiger partial charge in [0.1, 0.15) is 5.82 Å². The molecule has 2 N–H and O–H groups in total. The molecule has 0 atom stereocenters. The van der Waals surface area contributed by atoms with Gasteiger partial charge in [-0.15, -0.1) is 24.8 Å². The highest BCUT2D eigenvalue weighted by molar-refractivity contribution is 5.85. The van der Waals surface area contributed by atoms with Crippen LogP contribution in [0.3, 0.4) is 0 Å². The molecule has 2 heterocycles. The molecule has 0 amide bonds. The third-order valence-corrected chi connectivity index (χ3v) is 4.05. The van der Waals surface area contributed by atoms with Gasteiger partial charge in [0.25, 0.3) is 0 Å². The molecule has 3 rings (SSSR count). The Balaban J connectivity index is 0.00000156. The average molecular weight is 392 g/mol. The maximum atomic E-state index is 13.0. The van der Waals surface area contributed by atoms with E-state index in [2.05, 4.69) is 19.9 Å². The van der Waals surface area contributed by atoms with Crippen LogP contribution in [-0.2, 0) is 19.6 Å². The van der Waals surface area contributed by atoms with Crippen LogP contribution in [0.2, 0.25) is 0 Å². The van der Waals surface area contributed by atoms with Crippen molar-refractivity contribution in [3.05, 3.63) is 47.4 Å². The standard InChI is InChI=1S/C16H22FN5O.2ClH/c17-14-4-2-13(3-5-14)11-21-6-1-7-22(9-8-21)12-15-19-16(10-18)23-20-15;;/h2-5H,1,6-12,18H2;2*1H. The van der Waals surface area contributed by atoms with Gasteiger partial charge >= 0.3 is 0 Å². The molecule has 140 valence electrons. The van der Waals surface area contributed by atoms with Gasteiger partial charge in [-0.3, -0.25) is 9.80 Å². The highest BCUT2D eigenvalue weighted by Crippen LogP contribution is 2.11. The Labute approximate surface area is 159 Å². The van der Waals surface area contributed by atoms with Crippen LogP contribution in [0, 0.1) is 5.82 Å². The minimum absolute atomic E-state index is 0. The second-order valence-electron chi connectivity index (χ2n) is 5.84. The molecule has 1 aliphatic rings. The molecular weight excluding hydrogens is 368 g/mol. The zero-order chi connectivity index (χ0) is 16.1. The van der Waals surface area contributed by atoms with Crippen molar-refractivity contribution in [2.24, 2.45) is 5.73 Å². The number of nitrogens with zero attached hydrogens (tertiary/aromatic N) is 4. The van der Waals surface area contributed by atoms with E-state index >= 15 is 0 Å². The van der Waals surface area contributed by atoms with Gasteiger partial charge in [0.15, 0.2) is 5.82 Å². The second kappa shape index (κ2) is 10.7. The summed E-state index contributed by atoms with van der Waals surface area (Å²) in [5.74, 6) is 0.984. The first-order valence-electron chi connectivity index (χ1n) is 7.93. The van der Waals surface area contributed by atoms with Gasteiger partial charge < -0.3 is 10.3 Å². The van der Waals surface area contributed by atoms with Crippen LogP contribution < -0.4 is 5.73 Å². The predicted molar refractivity (Wildman–Crippen MR) is 98.3 cm³/mol. The number of nitrogens with two attached hydrogens (primary N) is 1. The van der Waals surface area contributed by atoms with E-state index in [-0.39, 0.29) is 37.2 Å². The summed E-state index contributed by atoms with van der Waals surface area (Å²) >= 11 is 0. The minimum Gasteiger partial charge on any atom is -0.338 e. The quantitative estimate of drug-likeness (QED) is 0.842. The van der Waals surface area contributed by atoms with Crippen molar-refractivity contribution in [3.8, 4) is 0 Å². The Morgan fingerprint density at radius 1 is 1.00 bits per heavy atom. The molecule has 1 fully saturated rings. The molecule has 0 spiro atoms. The second-order valence-corrected chi connectivity index (χ2v) is 5.84. The normalized spacial score (nSPS) is 15.9. The summed E-state index contributed by atoms with van der Waals surface area (Å²) in [4.78, 5) is 8.98. The van der Waals surface area contributed by atoms with E-state index in [0.29, 0.717) is 18.3 Å².